The molecule has 2 aromatic heterocycles. The van der Waals surface area contributed by atoms with Gasteiger partial charge in [0.1, 0.15) is 5.82 Å². The SMILES string of the molecule is CNc1nc(N(C)C(C)CC#N)c2cn[nH]c2n1. The number of nitrogens with one attached hydrogen (secondary N) is 2. The van der Waals surface area contributed by atoms with E-state index in [-0.39, 0.29) is 6.04 Å². The van der Waals surface area contributed by atoms with E-state index in [1.807, 2.05) is 18.9 Å². The fourth-order valence-corrected chi connectivity index (χ4v) is 1.68. The van der Waals surface area contributed by atoms with Crippen molar-refractivity contribution in [3.05, 3.63) is 6.20 Å². The average molecular weight is 245 g/mol. The third-order valence-electron chi connectivity index (χ3n) is 2.90. The number of fused-ring (bicyclic) bond motifs is 1. The summed E-state index contributed by atoms with van der Waals surface area (Å²) < 4.78 is 0. The van der Waals surface area contributed by atoms with Crippen LogP contribution in [0, 0.1) is 11.3 Å². The minimum Gasteiger partial charge on any atom is -0.357 e. The summed E-state index contributed by atoms with van der Waals surface area (Å²) in [7, 11) is 3.68. The quantitative estimate of drug-likeness (QED) is 0.838. The Morgan fingerprint density at radius 1 is 1.56 bits per heavy atom. The molecule has 2 heterocycles. The lowest BCUT2D eigenvalue weighted by Gasteiger charge is -2.24. The third-order valence-corrected chi connectivity index (χ3v) is 2.90. The number of rotatable bonds is 4. The van der Waals surface area contributed by atoms with Crippen LogP contribution >= 0.6 is 0 Å². The van der Waals surface area contributed by atoms with Gasteiger partial charge in [0, 0.05) is 20.1 Å². The summed E-state index contributed by atoms with van der Waals surface area (Å²) in [5.41, 5.74) is 0.681. The first-order chi connectivity index (χ1) is 8.67. The fourth-order valence-electron chi connectivity index (χ4n) is 1.68. The largest absolute Gasteiger partial charge is 0.357 e. The van der Waals surface area contributed by atoms with Gasteiger partial charge in [0.2, 0.25) is 5.95 Å². The molecule has 0 aliphatic rings. The maximum atomic E-state index is 8.77. The molecule has 94 valence electrons. The summed E-state index contributed by atoms with van der Waals surface area (Å²) in [6.45, 7) is 1.98. The Hall–Kier alpha value is -2.36. The maximum Gasteiger partial charge on any atom is 0.226 e. The highest BCUT2D eigenvalue weighted by Gasteiger charge is 2.16. The number of nitriles is 1. The van der Waals surface area contributed by atoms with E-state index in [4.69, 9.17) is 5.26 Å². The van der Waals surface area contributed by atoms with Crippen molar-refractivity contribution in [3.8, 4) is 6.07 Å². The number of nitrogens with zero attached hydrogens (tertiary/aromatic N) is 5. The molecule has 2 N–H and O–H groups in total. The molecule has 2 aromatic rings. The van der Waals surface area contributed by atoms with Crippen molar-refractivity contribution in [2.45, 2.75) is 19.4 Å². The van der Waals surface area contributed by atoms with Crippen molar-refractivity contribution in [2.24, 2.45) is 0 Å². The smallest absolute Gasteiger partial charge is 0.226 e. The second kappa shape index (κ2) is 4.87. The molecule has 0 saturated heterocycles. The molecule has 0 spiro atoms. The first-order valence-corrected chi connectivity index (χ1v) is 5.66. The van der Waals surface area contributed by atoms with Crippen LogP contribution in [-0.2, 0) is 0 Å². The van der Waals surface area contributed by atoms with E-state index < -0.39 is 0 Å². The van der Waals surface area contributed by atoms with Gasteiger partial charge in [-0.2, -0.15) is 20.3 Å². The molecule has 7 nitrogen and oxygen atoms in total. The van der Waals surface area contributed by atoms with Gasteiger partial charge in [-0.15, -0.1) is 0 Å². The molecule has 0 amide bonds. The monoisotopic (exact) mass is 245 g/mol. The predicted molar refractivity (Wildman–Crippen MR) is 69.3 cm³/mol. The standard InChI is InChI=1S/C11H15N7/c1-7(4-5-12)18(3)10-8-6-14-17-9(8)15-11(13-2)16-10/h6-7H,4H2,1-3H3,(H2,13,14,15,16,17). The summed E-state index contributed by atoms with van der Waals surface area (Å²) >= 11 is 0. The van der Waals surface area contributed by atoms with Gasteiger partial charge in [-0.25, -0.2) is 0 Å². The summed E-state index contributed by atoms with van der Waals surface area (Å²) in [5.74, 6) is 1.29. The molecule has 18 heavy (non-hydrogen) atoms. The van der Waals surface area contributed by atoms with Gasteiger partial charge in [0.25, 0.3) is 0 Å². The zero-order valence-electron chi connectivity index (χ0n) is 10.6. The predicted octanol–water partition coefficient (Wildman–Crippen LogP) is 1.13. The second-order valence-corrected chi connectivity index (χ2v) is 4.08. The van der Waals surface area contributed by atoms with Crippen LogP contribution in [0.15, 0.2) is 6.20 Å². The van der Waals surface area contributed by atoms with Crippen LogP contribution in [0.25, 0.3) is 11.0 Å². The minimum atomic E-state index is 0.0766. The Labute approximate surface area is 105 Å². The zero-order chi connectivity index (χ0) is 13.1. The van der Waals surface area contributed by atoms with Gasteiger partial charge in [-0.1, -0.05) is 0 Å². The van der Waals surface area contributed by atoms with E-state index in [9.17, 15) is 0 Å². The molecule has 0 radical (unpaired) electrons. The Bertz CT molecular complexity index is 583. The van der Waals surface area contributed by atoms with Crippen molar-refractivity contribution in [1.29, 1.82) is 5.26 Å². The first kappa shape index (κ1) is 12.1. The van der Waals surface area contributed by atoms with E-state index >= 15 is 0 Å². The Morgan fingerprint density at radius 2 is 2.33 bits per heavy atom. The molecular weight excluding hydrogens is 230 g/mol. The number of aromatic nitrogens is 4. The Balaban J connectivity index is 2.48. The van der Waals surface area contributed by atoms with Gasteiger partial charge in [-0.3, -0.25) is 5.10 Å². The molecule has 1 unspecified atom stereocenters. The lowest BCUT2D eigenvalue weighted by Crippen LogP contribution is -2.29. The number of anilines is 2. The normalized spacial score (nSPS) is 12.1. The van der Waals surface area contributed by atoms with Crippen molar-refractivity contribution < 1.29 is 0 Å². The van der Waals surface area contributed by atoms with E-state index in [0.29, 0.717) is 18.0 Å². The van der Waals surface area contributed by atoms with Crippen LogP contribution in [0.1, 0.15) is 13.3 Å². The molecule has 0 aliphatic heterocycles. The average Bonchev–Trinajstić information content (AvgIpc) is 2.84. The highest BCUT2D eigenvalue weighted by molar-refractivity contribution is 5.87. The van der Waals surface area contributed by atoms with Crippen LogP contribution in [-0.4, -0.2) is 40.3 Å². The van der Waals surface area contributed by atoms with Crippen molar-refractivity contribution in [3.63, 3.8) is 0 Å². The van der Waals surface area contributed by atoms with Crippen LogP contribution in [0.3, 0.4) is 0 Å². The topological polar surface area (TPSA) is 93.5 Å². The van der Waals surface area contributed by atoms with Gasteiger partial charge in [0.15, 0.2) is 5.65 Å². The van der Waals surface area contributed by atoms with Gasteiger partial charge < -0.3 is 10.2 Å². The molecule has 0 aromatic carbocycles. The number of hydrogen-bond donors (Lipinski definition) is 2. The lowest BCUT2D eigenvalue weighted by molar-refractivity contribution is 0.696. The molecule has 0 fully saturated rings. The highest BCUT2D eigenvalue weighted by atomic mass is 15.3. The summed E-state index contributed by atoms with van der Waals surface area (Å²) in [6, 6.07) is 2.24. The fraction of sp³-hybridized carbons (Fsp3) is 0.455. The number of hydrogen-bond acceptors (Lipinski definition) is 6. The van der Waals surface area contributed by atoms with Gasteiger partial charge in [0.05, 0.1) is 24.1 Å². The van der Waals surface area contributed by atoms with E-state index in [1.54, 1.807) is 13.2 Å². The van der Waals surface area contributed by atoms with E-state index in [2.05, 4.69) is 31.6 Å². The van der Waals surface area contributed by atoms with Crippen LogP contribution < -0.4 is 10.2 Å². The molecule has 2 rings (SSSR count). The lowest BCUT2D eigenvalue weighted by atomic mass is 10.2. The number of aromatic amines is 1. The summed E-state index contributed by atoms with van der Waals surface area (Å²) in [4.78, 5) is 10.7. The zero-order valence-corrected chi connectivity index (χ0v) is 10.6. The molecule has 0 saturated carbocycles. The van der Waals surface area contributed by atoms with E-state index in [0.717, 1.165) is 11.2 Å². The number of H-pyrrole nitrogens is 1. The summed E-state index contributed by atoms with van der Waals surface area (Å²) in [5, 5.41) is 19.3. The first-order valence-electron chi connectivity index (χ1n) is 5.66. The molecule has 1 atom stereocenters. The molecule has 0 aliphatic carbocycles. The van der Waals surface area contributed by atoms with Crippen molar-refractivity contribution in [2.75, 3.05) is 24.3 Å². The highest BCUT2D eigenvalue weighted by Crippen LogP contribution is 2.24. The van der Waals surface area contributed by atoms with Crippen LogP contribution in [0.5, 0.6) is 0 Å². The molecular formula is C11H15N7. The summed E-state index contributed by atoms with van der Waals surface area (Å²) in [6.07, 6.45) is 2.13. The molecule has 7 heteroatoms. The third kappa shape index (κ3) is 2.05. The Morgan fingerprint density at radius 3 is 3.00 bits per heavy atom. The Kier molecular flexibility index (Phi) is 3.28. The van der Waals surface area contributed by atoms with Crippen LogP contribution in [0.2, 0.25) is 0 Å². The maximum absolute atomic E-state index is 8.77. The van der Waals surface area contributed by atoms with Gasteiger partial charge in [-0.05, 0) is 6.92 Å². The molecule has 0 bridgehead atoms. The second-order valence-electron chi connectivity index (χ2n) is 4.08. The van der Waals surface area contributed by atoms with Gasteiger partial charge >= 0.3 is 0 Å². The van der Waals surface area contributed by atoms with E-state index in [1.165, 1.54) is 0 Å². The minimum absolute atomic E-state index is 0.0766. The van der Waals surface area contributed by atoms with Crippen LogP contribution in [0.4, 0.5) is 11.8 Å². The van der Waals surface area contributed by atoms with Crippen molar-refractivity contribution >= 4 is 22.8 Å². The van der Waals surface area contributed by atoms with Crippen molar-refractivity contribution in [1.82, 2.24) is 20.2 Å².